The molecular formula is C14H13F3O3. The molecule has 0 radical (unpaired) electrons. The normalized spacial score (nSPS) is 18.1. The Labute approximate surface area is 113 Å². The molecule has 1 N–H and O–H groups in total. The molecule has 1 aromatic rings. The number of fused-ring (bicyclic) bond motifs is 1. The number of halogens is 3. The van der Waals surface area contributed by atoms with Crippen molar-refractivity contribution in [3.8, 4) is 5.75 Å². The highest BCUT2D eigenvalue weighted by molar-refractivity contribution is 5.95. The molecular weight excluding hydrogens is 273 g/mol. The van der Waals surface area contributed by atoms with Crippen molar-refractivity contribution in [3.63, 3.8) is 0 Å². The van der Waals surface area contributed by atoms with Crippen LogP contribution in [0.4, 0.5) is 13.2 Å². The van der Waals surface area contributed by atoms with Crippen LogP contribution in [0, 0.1) is 6.92 Å². The van der Waals surface area contributed by atoms with Gasteiger partial charge in [-0.25, -0.2) is 4.79 Å². The Balaban J connectivity index is 2.60. The summed E-state index contributed by atoms with van der Waals surface area (Å²) in [5.74, 6) is -1.54. The fraction of sp³-hybridized carbons (Fsp3) is 0.357. The lowest BCUT2D eigenvalue weighted by atomic mass is 9.96. The van der Waals surface area contributed by atoms with Crippen molar-refractivity contribution in [2.45, 2.75) is 32.5 Å². The molecule has 0 saturated heterocycles. The zero-order valence-electron chi connectivity index (χ0n) is 10.9. The quantitative estimate of drug-likeness (QED) is 0.907. The van der Waals surface area contributed by atoms with Gasteiger partial charge in [-0.1, -0.05) is 13.0 Å². The molecule has 0 fully saturated rings. The summed E-state index contributed by atoms with van der Waals surface area (Å²) in [4.78, 5) is 11.0. The van der Waals surface area contributed by atoms with E-state index in [1.54, 1.807) is 19.1 Å². The number of ether oxygens (including phenoxy) is 1. The number of carboxylic acids is 1. The van der Waals surface area contributed by atoms with Crippen LogP contribution in [0.25, 0.3) is 6.08 Å². The number of aliphatic carboxylic acids is 1. The van der Waals surface area contributed by atoms with E-state index in [4.69, 9.17) is 9.84 Å². The molecule has 0 aromatic heterocycles. The Morgan fingerprint density at radius 2 is 2.05 bits per heavy atom. The molecule has 2 rings (SSSR count). The van der Waals surface area contributed by atoms with E-state index in [2.05, 4.69) is 0 Å². The van der Waals surface area contributed by atoms with Gasteiger partial charge < -0.3 is 9.84 Å². The van der Waals surface area contributed by atoms with Gasteiger partial charge in [-0.05, 0) is 36.6 Å². The van der Waals surface area contributed by atoms with E-state index in [0.717, 1.165) is 11.6 Å². The number of hydrogen-bond donors (Lipinski definition) is 1. The van der Waals surface area contributed by atoms with Crippen LogP contribution in [0.1, 0.15) is 23.6 Å². The molecule has 1 aromatic carbocycles. The van der Waals surface area contributed by atoms with Gasteiger partial charge in [0.05, 0.1) is 5.57 Å². The lowest BCUT2D eigenvalue weighted by molar-refractivity contribution is -0.187. The van der Waals surface area contributed by atoms with E-state index in [9.17, 15) is 18.0 Å². The van der Waals surface area contributed by atoms with Gasteiger partial charge in [-0.15, -0.1) is 0 Å². The third kappa shape index (κ3) is 2.50. The number of aryl methyl sites for hydroxylation is 2. The predicted octanol–water partition coefficient (Wildman–Crippen LogP) is 3.35. The summed E-state index contributed by atoms with van der Waals surface area (Å²) < 4.78 is 43.6. The summed E-state index contributed by atoms with van der Waals surface area (Å²) in [6, 6.07) is 3.39. The monoisotopic (exact) mass is 286 g/mol. The summed E-state index contributed by atoms with van der Waals surface area (Å²) >= 11 is 0. The molecule has 0 aliphatic carbocycles. The standard InChI is InChI=1S/C14H13F3O3/c1-3-8-4-7(2)11-9(5-8)6-10(13(18)19)12(20-11)14(15,16)17/h4-6,12H,3H2,1-2H3,(H,18,19). The molecule has 1 unspecified atom stereocenters. The smallest absolute Gasteiger partial charge is 0.430 e. The highest BCUT2D eigenvalue weighted by Gasteiger charge is 2.48. The number of alkyl halides is 3. The SMILES string of the molecule is CCc1cc(C)c2c(c1)C=C(C(=O)O)C(C(F)(F)F)O2. The maximum atomic E-state index is 12.9. The molecule has 3 nitrogen and oxygen atoms in total. The van der Waals surface area contributed by atoms with E-state index in [-0.39, 0.29) is 5.75 Å². The third-order valence-electron chi connectivity index (χ3n) is 3.14. The van der Waals surface area contributed by atoms with Gasteiger partial charge in [0.15, 0.2) is 0 Å². The molecule has 0 amide bonds. The van der Waals surface area contributed by atoms with E-state index in [1.165, 1.54) is 0 Å². The number of carboxylic acid groups (broad SMARTS) is 1. The van der Waals surface area contributed by atoms with Gasteiger partial charge in [0.2, 0.25) is 6.10 Å². The van der Waals surface area contributed by atoms with E-state index < -0.39 is 23.8 Å². The number of benzene rings is 1. The molecule has 1 heterocycles. The largest absolute Gasteiger partial charge is 0.478 e. The average Bonchev–Trinajstić information content (AvgIpc) is 2.35. The molecule has 1 aliphatic rings. The zero-order chi connectivity index (χ0) is 15.1. The lowest BCUT2D eigenvalue weighted by Gasteiger charge is -2.28. The summed E-state index contributed by atoms with van der Waals surface area (Å²) in [6.45, 7) is 3.55. The van der Waals surface area contributed by atoms with Crippen LogP contribution in [0.15, 0.2) is 17.7 Å². The minimum atomic E-state index is -4.77. The van der Waals surface area contributed by atoms with Gasteiger partial charge in [-0.3, -0.25) is 0 Å². The van der Waals surface area contributed by atoms with Crippen LogP contribution in [0.3, 0.4) is 0 Å². The Hall–Kier alpha value is -1.98. The Morgan fingerprint density at radius 3 is 2.55 bits per heavy atom. The molecule has 6 heteroatoms. The minimum Gasteiger partial charge on any atom is -0.478 e. The number of carbonyl (C=O) groups is 1. The van der Waals surface area contributed by atoms with E-state index in [1.807, 2.05) is 6.92 Å². The van der Waals surface area contributed by atoms with Crippen molar-refractivity contribution in [1.82, 2.24) is 0 Å². The van der Waals surface area contributed by atoms with Crippen molar-refractivity contribution in [2.75, 3.05) is 0 Å². The molecule has 20 heavy (non-hydrogen) atoms. The first-order valence-electron chi connectivity index (χ1n) is 6.05. The topological polar surface area (TPSA) is 46.5 Å². The summed E-state index contributed by atoms with van der Waals surface area (Å²) in [5, 5.41) is 8.95. The van der Waals surface area contributed by atoms with Gasteiger partial charge in [-0.2, -0.15) is 13.2 Å². The van der Waals surface area contributed by atoms with Crippen LogP contribution in [0.2, 0.25) is 0 Å². The van der Waals surface area contributed by atoms with E-state index in [0.29, 0.717) is 17.5 Å². The van der Waals surface area contributed by atoms with Crippen molar-refractivity contribution in [3.05, 3.63) is 34.4 Å². The number of rotatable bonds is 2. The van der Waals surface area contributed by atoms with Crippen molar-refractivity contribution >= 4 is 12.0 Å². The van der Waals surface area contributed by atoms with Crippen LogP contribution in [-0.4, -0.2) is 23.4 Å². The average molecular weight is 286 g/mol. The maximum absolute atomic E-state index is 12.9. The second-order valence-electron chi connectivity index (χ2n) is 4.63. The highest BCUT2D eigenvalue weighted by Crippen LogP contribution is 2.39. The summed E-state index contributed by atoms with van der Waals surface area (Å²) in [7, 11) is 0. The lowest BCUT2D eigenvalue weighted by Crippen LogP contribution is -2.40. The first-order valence-corrected chi connectivity index (χ1v) is 6.05. The zero-order valence-corrected chi connectivity index (χ0v) is 10.9. The molecule has 1 atom stereocenters. The van der Waals surface area contributed by atoms with Gasteiger partial charge in [0.1, 0.15) is 5.75 Å². The van der Waals surface area contributed by atoms with Crippen LogP contribution in [0.5, 0.6) is 5.75 Å². The minimum absolute atomic E-state index is 0.0922. The van der Waals surface area contributed by atoms with Crippen molar-refractivity contribution in [1.29, 1.82) is 0 Å². The van der Waals surface area contributed by atoms with Gasteiger partial charge in [0, 0.05) is 5.56 Å². The van der Waals surface area contributed by atoms with Gasteiger partial charge >= 0.3 is 12.1 Å². The fourth-order valence-corrected chi connectivity index (χ4v) is 2.19. The second kappa shape index (κ2) is 4.85. The Kier molecular flexibility index (Phi) is 3.50. The molecule has 108 valence electrons. The second-order valence-corrected chi connectivity index (χ2v) is 4.63. The highest BCUT2D eigenvalue weighted by atomic mass is 19.4. The first kappa shape index (κ1) is 14.4. The van der Waals surface area contributed by atoms with Crippen molar-refractivity contribution in [2.24, 2.45) is 0 Å². The predicted molar refractivity (Wildman–Crippen MR) is 66.6 cm³/mol. The third-order valence-corrected chi connectivity index (χ3v) is 3.14. The molecule has 0 spiro atoms. The Morgan fingerprint density at radius 1 is 1.40 bits per heavy atom. The fourth-order valence-electron chi connectivity index (χ4n) is 2.19. The molecule has 1 aliphatic heterocycles. The van der Waals surface area contributed by atoms with Crippen molar-refractivity contribution < 1.29 is 27.8 Å². The van der Waals surface area contributed by atoms with Gasteiger partial charge in [0.25, 0.3) is 0 Å². The maximum Gasteiger partial charge on any atom is 0.430 e. The van der Waals surface area contributed by atoms with E-state index >= 15 is 0 Å². The molecule has 0 saturated carbocycles. The molecule has 0 bridgehead atoms. The first-order chi connectivity index (χ1) is 9.24. The van der Waals surface area contributed by atoms with Crippen LogP contribution in [-0.2, 0) is 11.2 Å². The summed E-state index contributed by atoms with van der Waals surface area (Å²) in [6.07, 6.45) is -5.45. The number of hydrogen-bond acceptors (Lipinski definition) is 2. The summed E-state index contributed by atoms with van der Waals surface area (Å²) in [5.41, 5.74) is 1.06. The van der Waals surface area contributed by atoms with Crippen LogP contribution < -0.4 is 4.74 Å². The van der Waals surface area contributed by atoms with Crippen LogP contribution >= 0.6 is 0 Å². The Bertz CT molecular complexity index is 588.